The molecule has 142 valence electrons. The van der Waals surface area contributed by atoms with Crippen LogP contribution >= 0.6 is 0 Å². The normalized spacial score (nSPS) is 15.6. The lowest BCUT2D eigenvalue weighted by atomic mass is 9.87. The van der Waals surface area contributed by atoms with Crippen molar-refractivity contribution in [2.45, 2.75) is 57.1 Å². The molecule has 1 aromatic rings. The van der Waals surface area contributed by atoms with Crippen molar-refractivity contribution in [1.82, 2.24) is 0 Å². The molecule has 0 aliphatic heterocycles. The van der Waals surface area contributed by atoms with Crippen LogP contribution in [0.25, 0.3) is 0 Å². The second kappa shape index (κ2) is 6.86. The number of hydrogen-bond acceptors (Lipinski definition) is 3. The van der Waals surface area contributed by atoms with Crippen molar-refractivity contribution in [2.75, 3.05) is 0 Å². The molecule has 0 aliphatic carbocycles. The summed E-state index contributed by atoms with van der Waals surface area (Å²) in [7, 11) is 0. The number of halogens is 6. The van der Waals surface area contributed by atoms with Gasteiger partial charge in [-0.15, -0.1) is 0 Å². The second-order valence-corrected chi connectivity index (χ2v) is 6.82. The molecule has 0 saturated carbocycles. The van der Waals surface area contributed by atoms with Crippen LogP contribution in [0.1, 0.15) is 38.3 Å². The summed E-state index contributed by atoms with van der Waals surface area (Å²) in [5.74, 6) is -1.32. The van der Waals surface area contributed by atoms with Crippen LogP contribution in [-0.4, -0.2) is 23.3 Å². The molecule has 0 bridgehead atoms. The predicted octanol–water partition coefficient (Wildman–Crippen LogP) is 4.24. The van der Waals surface area contributed by atoms with Gasteiger partial charge >= 0.3 is 18.3 Å². The van der Waals surface area contributed by atoms with Gasteiger partial charge in [-0.2, -0.15) is 26.3 Å². The van der Waals surface area contributed by atoms with Crippen LogP contribution < -0.4 is 5.73 Å². The van der Waals surface area contributed by atoms with Gasteiger partial charge in [0.2, 0.25) is 0 Å². The van der Waals surface area contributed by atoms with Crippen molar-refractivity contribution < 1.29 is 35.9 Å². The summed E-state index contributed by atoms with van der Waals surface area (Å²) < 4.78 is 81.7. The summed E-state index contributed by atoms with van der Waals surface area (Å²) in [5, 5.41) is 0. The van der Waals surface area contributed by atoms with Crippen molar-refractivity contribution in [3.63, 3.8) is 0 Å². The van der Waals surface area contributed by atoms with Gasteiger partial charge in [0.15, 0.2) is 0 Å². The zero-order valence-corrected chi connectivity index (χ0v) is 13.9. The zero-order chi connectivity index (χ0) is 19.7. The van der Waals surface area contributed by atoms with Crippen molar-refractivity contribution in [3.8, 4) is 0 Å². The monoisotopic (exact) mass is 371 g/mol. The zero-order valence-electron chi connectivity index (χ0n) is 13.9. The molecule has 25 heavy (non-hydrogen) atoms. The summed E-state index contributed by atoms with van der Waals surface area (Å²) in [4.78, 5) is 12.2. The van der Waals surface area contributed by atoms with E-state index in [9.17, 15) is 31.1 Å². The average Bonchev–Trinajstić information content (AvgIpc) is 2.33. The van der Waals surface area contributed by atoms with E-state index in [0.717, 1.165) is 12.1 Å². The van der Waals surface area contributed by atoms with Crippen molar-refractivity contribution in [2.24, 2.45) is 5.73 Å². The first-order valence-electron chi connectivity index (χ1n) is 7.27. The predicted molar refractivity (Wildman–Crippen MR) is 78.6 cm³/mol. The topological polar surface area (TPSA) is 52.3 Å². The molecule has 0 radical (unpaired) electrons. The van der Waals surface area contributed by atoms with Crippen LogP contribution in [0.4, 0.5) is 26.3 Å². The third kappa shape index (κ3) is 6.93. The molecule has 0 amide bonds. The third-order valence-corrected chi connectivity index (χ3v) is 3.10. The molecular formula is C16H19F6NO2. The third-order valence-electron chi connectivity index (χ3n) is 3.10. The molecule has 0 unspecified atom stereocenters. The van der Waals surface area contributed by atoms with Crippen LogP contribution in [-0.2, 0) is 22.1 Å². The van der Waals surface area contributed by atoms with E-state index >= 15 is 0 Å². The van der Waals surface area contributed by atoms with Crippen LogP contribution in [0, 0.1) is 0 Å². The Labute approximate surface area is 141 Å². The van der Waals surface area contributed by atoms with E-state index < -0.39 is 47.9 Å². The van der Waals surface area contributed by atoms with E-state index in [2.05, 4.69) is 0 Å². The first-order valence-corrected chi connectivity index (χ1v) is 7.27. The number of rotatable bonds is 4. The Morgan fingerprint density at radius 1 is 1.08 bits per heavy atom. The highest BCUT2D eigenvalue weighted by molar-refractivity contribution is 5.81. The van der Waals surface area contributed by atoms with Crippen LogP contribution in [0.5, 0.6) is 0 Å². The molecule has 2 N–H and O–H groups in total. The largest absolute Gasteiger partial charge is 0.459 e. The number of benzene rings is 1. The minimum Gasteiger partial charge on any atom is -0.459 e. The lowest BCUT2D eigenvalue weighted by Crippen LogP contribution is -2.55. The summed E-state index contributed by atoms with van der Waals surface area (Å²) in [6.07, 6.45) is -11.9. The molecule has 3 nitrogen and oxygen atoms in total. The second-order valence-electron chi connectivity index (χ2n) is 6.82. The van der Waals surface area contributed by atoms with Gasteiger partial charge in [0, 0.05) is 6.42 Å². The standard InChI is InChI=1S/C16H19F6NO2/c1-13(2,3)25-12(24)14(23,9-15(17,18)19)8-10-5-4-6-11(7-10)16(20,21)22/h4-7H,8-9,23H2,1-3H3/t14-/m0/s1. The molecule has 0 aromatic heterocycles. The smallest absolute Gasteiger partial charge is 0.416 e. The quantitative estimate of drug-likeness (QED) is 0.636. The van der Waals surface area contributed by atoms with Gasteiger partial charge < -0.3 is 10.5 Å². The first kappa shape index (κ1) is 21.3. The number of esters is 1. The fourth-order valence-electron chi connectivity index (χ4n) is 2.17. The highest BCUT2D eigenvalue weighted by atomic mass is 19.4. The molecule has 0 saturated heterocycles. The highest BCUT2D eigenvalue weighted by Gasteiger charge is 2.47. The van der Waals surface area contributed by atoms with Crippen molar-refractivity contribution in [3.05, 3.63) is 35.4 Å². The maximum absolute atomic E-state index is 12.8. The molecule has 0 fully saturated rings. The van der Waals surface area contributed by atoms with E-state index in [1.54, 1.807) is 0 Å². The van der Waals surface area contributed by atoms with Crippen LogP contribution in [0.15, 0.2) is 24.3 Å². The number of ether oxygens (including phenoxy) is 1. The number of nitrogens with two attached hydrogens (primary N) is 1. The Hall–Kier alpha value is -1.77. The van der Waals surface area contributed by atoms with E-state index in [1.165, 1.54) is 26.8 Å². The van der Waals surface area contributed by atoms with E-state index in [0.29, 0.717) is 6.07 Å². The molecule has 0 spiro atoms. The summed E-state index contributed by atoms with van der Waals surface area (Å²) >= 11 is 0. The van der Waals surface area contributed by atoms with E-state index in [4.69, 9.17) is 10.5 Å². The number of alkyl halides is 6. The van der Waals surface area contributed by atoms with Crippen LogP contribution in [0.2, 0.25) is 0 Å². The van der Waals surface area contributed by atoms with Crippen LogP contribution in [0.3, 0.4) is 0 Å². The maximum Gasteiger partial charge on any atom is 0.416 e. The van der Waals surface area contributed by atoms with Gasteiger partial charge in [0.25, 0.3) is 0 Å². The summed E-state index contributed by atoms with van der Waals surface area (Å²) in [6.45, 7) is 4.34. The Kier molecular flexibility index (Phi) is 5.83. The van der Waals surface area contributed by atoms with Crippen molar-refractivity contribution in [1.29, 1.82) is 0 Å². The SMILES string of the molecule is CC(C)(C)OC(=O)[C@](N)(Cc1cccc(C(F)(F)F)c1)CC(F)(F)F. The number of carbonyl (C=O) groups excluding carboxylic acids is 1. The van der Waals surface area contributed by atoms with E-state index in [-0.39, 0.29) is 5.56 Å². The minimum absolute atomic E-state index is 0.146. The minimum atomic E-state index is -4.80. The molecule has 1 atom stereocenters. The highest BCUT2D eigenvalue weighted by Crippen LogP contribution is 2.33. The Morgan fingerprint density at radius 3 is 2.08 bits per heavy atom. The van der Waals surface area contributed by atoms with Gasteiger partial charge in [-0.3, -0.25) is 4.79 Å². The summed E-state index contributed by atoms with van der Waals surface area (Å²) in [5.41, 5.74) is 0.838. The van der Waals surface area contributed by atoms with Gasteiger partial charge in [-0.25, -0.2) is 0 Å². The molecule has 0 heterocycles. The Bertz CT molecular complexity index is 618. The molecule has 9 heteroatoms. The molecule has 1 aromatic carbocycles. The fraction of sp³-hybridized carbons (Fsp3) is 0.562. The Morgan fingerprint density at radius 2 is 1.64 bits per heavy atom. The fourth-order valence-corrected chi connectivity index (χ4v) is 2.17. The summed E-state index contributed by atoms with van der Waals surface area (Å²) in [6, 6.07) is 3.67. The van der Waals surface area contributed by atoms with Gasteiger partial charge in [-0.1, -0.05) is 18.2 Å². The van der Waals surface area contributed by atoms with Crippen molar-refractivity contribution >= 4 is 5.97 Å². The first-order chi connectivity index (χ1) is 11.0. The van der Waals surface area contributed by atoms with E-state index in [1.807, 2.05) is 0 Å². The van der Waals surface area contributed by atoms with Gasteiger partial charge in [0.05, 0.1) is 12.0 Å². The lowest BCUT2D eigenvalue weighted by molar-refractivity contribution is -0.179. The van der Waals surface area contributed by atoms with Gasteiger partial charge in [-0.05, 0) is 32.4 Å². The molecule has 0 aliphatic rings. The Balaban J connectivity index is 3.19. The number of hydrogen-bond donors (Lipinski definition) is 1. The average molecular weight is 371 g/mol. The number of carbonyl (C=O) groups is 1. The molecule has 1 rings (SSSR count). The molecular weight excluding hydrogens is 352 g/mol. The maximum atomic E-state index is 12.8. The van der Waals surface area contributed by atoms with Gasteiger partial charge in [0.1, 0.15) is 11.1 Å². The lowest BCUT2D eigenvalue weighted by Gasteiger charge is -2.32.